The topological polar surface area (TPSA) is 78.5 Å². The molecule has 2 aromatic carbocycles. The standard InChI is InChI=1S/C23H22BrN3O3S2/c24-18-12-7-6-11-17(18)21(29)26-25-20(28)13-5-2-8-14-27-22(30)19(32-23(27)31)15-16-9-3-1-4-10-16/h1,3-4,6-7,9-12,15H,2,5,8,13-14H2,(H,25,28)(H,26,29)/b19-15-. The summed E-state index contributed by atoms with van der Waals surface area (Å²) in [6, 6.07) is 16.6. The Labute approximate surface area is 204 Å². The first-order valence-corrected chi connectivity index (χ1v) is 12.1. The Balaban J connectivity index is 1.35. The highest BCUT2D eigenvalue weighted by Gasteiger charge is 2.31. The molecule has 1 fully saturated rings. The predicted molar refractivity (Wildman–Crippen MR) is 135 cm³/mol. The Morgan fingerprint density at radius 1 is 1.00 bits per heavy atom. The number of benzene rings is 2. The molecular formula is C23H22BrN3O3S2. The molecule has 0 saturated carbocycles. The van der Waals surface area contributed by atoms with Crippen LogP contribution in [0, 0.1) is 0 Å². The second-order valence-electron chi connectivity index (χ2n) is 7.04. The van der Waals surface area contributed by atoms with Crippen molar-refractivity contribution in [2.45, 2.75) is 25.7 Å². The minimum absolute atomic E-state index is 0.0728. The van der Waals surface area contributed by atoms with Crippen molar-refractivity contribution in [1.82, 2.24) is 15.8 Å². The highest BCUT2D eigenvalue weighted by atomic mass is 79.9. The van der Waals surface area contributed by atoms with E-state index < -0.39 is 0 Å². The zero-order valence-electron chi connectivity index (χ0n) is 17.2. The van der Waals surface area contributed by atoms with Crippen molar-refractivity contribution in [1.29, 1.82) is 0 Å². The molecule has 0 spiro atoms. The third-order valence-corrected chi connectivity index (χ3v) is 6.76. The highest BCUT2D eigenvalue weighted by Crippen LogP contribution is 2.32. The van der Waals surface area contributed by atoms with Gasteiger partial charge >= 0.3 is 0 Å². The summed E-state index contributed by atoms with van der Waals surface area (Å²) in [4.78, 5) is 38.9. The lowest BCUT2D eigenvalue weighted by Crippen LogP contribution is -2.41. The highest BCUT2D eigenvalue weighted by molar-refractivity contribution is 9.10. The first kappa shape index (κ1) is 24.2. The first-order valence-electron chi connectivity index (χ1n) is 10.1. The van der Waals surface area contributed by atoms with Crippen molar-refractivity contribution >= 4 is 68.0 Å². The average molecular weight is 532 g/mol. The fraction of sp³-hybridized carbons (Fsp3) is 0.217. The quantitative estimate of drug-likeness (QED) is 0.224. The van der Waals surface area contributed by atoms with Gasteiger partial charge in [-0.3, -0.25) is 30.1 Å². The SMILES string of the molecule is O=C(CCCCCN1C(=O)/C(=C/c2ccccc2)SC1=S)NNC(=O)c1ccccc1Br. The van der Waals surface area contributed by atoms with Crippen LogP contribution in [0.25, 0.3) is 6.08 Å². The van der Waals surface area contributed by atoms with Crippen LogP contribution < -0.4 is 10.9 Å². The molecule has 2 aromatic rings. The Morgan fingerprint density at radius 3 is 2.47 bits per heavy atom. The number of amides is 3. The van der Waals surface area contributed by atoms with Gasteiger partial charge in [-0.2, -0.15) is 0 Å². The molecule has 1 heterocycles. The monoisotopic (exact) mass is 531 g/mol. The molecule has 166 valence electrons. The van der Waals surface area contributed by atoms with Crippen molar-refractivity contribution < 1.29 is 14.4 Å². The van der Waals surface area contributed by atoms with Gasteiger partial charge in [-0.15, -0.1) is 0 Å². The number of nitrogens with zero attached hydrogens (tertiary/aromatic N) is 1. The van der Waals surface area contributed by atoms with E-state index in [1.807, 2.05) is 36.4 Å². The average Bonchev–Trinajstić information content (AvgIpc) is 3.05. The molecule has 0 aromatic heterocycles. The van der Waals surface area contributed by atoms with E-state index in [0.717, 1.165) is 18.4 Å². The van der Waals surface area contributed by atoms with Crippen LogP contribution in [0.5, 0.6) is 0 Å². The van der Waals surface area contributed by atoms with Gasteiger partial charge in [0, 0.05) is 17.4 Å². The maximum atomic E-state index is 12.6. The predicted octanol–water partition coefficient (Wildman–Crippen LogP) is 4.67. The lowest BCUT2D eigenvalue weighted by molar-refractivity contribution is -0.123. The minimum Gasteiger partial charge on any atom is -0.293 e. The molecular weight excluding hydrogens is 510 g/mol. The van der Waals surface area contributed by atoms with Gasteiger partial charge in [0.15, 0.2) is 0 Å². The number of hydrazine groups is 1. The summed E-state index contributed by atoms with van der Waals surface area (Å²) in [6.45, 7) is 0.525. The number of nitrogens with one attached hydrogen (secondary N) is 2. The van der Waals surface area contributed by atoms with E-state index in [-0.39, 0.29) is 24.1 Å². The van der Waals surface area contributed by atoms with Gasteiger partial charge in [-0.05, 0) is 52.5 Å². The van der Waals surface area contributed by atoms with Crippen LogP contribution in [0.3, 0.4) is 0 Å². The number of unbranched alkanes of at least 4 members (excludes halogenated alkanes) is 2. The third-order valence-electron chi connectivity index (χ3n) is 4.69. The smallest absolute Gasteiger partial charge is 0.270 e. The van der Waals surface area contributed by atoms with Crippen LogP contribution in [0.4, 0.5) is 0 Å². The molecule has 1 saturated heterocycles. The molecule has 0 unspecified atom stereocenters. The van der Waals surface area contributed by atoms with Gasteiger partial charge in [-0.1, -0.05) is 72.9 Å². The number of thiocarbonyl (C=S) groups is 1. The van der Waals surface area contributed by atoms with E-state index in [9.17, 15) is 14.4 Å². The summed E-state index contributed by atoms with van der Waals surface area (Å²) in [5.41, 5.74) is 6.25. The Hall–Kier alpha value is -2.49. The zero-order chi connectivity index (χ0) is 22.9. The lowest BCUT2D eigenvalue weighted by atomic mass is 10.2. The molecule has 32 heavy (non-hydrogen) atoms. The van der Waals surface area contributed by atoms with Crippen molar-refractivity contribution in [3.05, 3.63) is 75.1 Å². The second-order valence-corrected chi connectivity index (χ2v) is 9.57. The van der Waals surface area contributed by atoms with Crippen LogP contribution in [0.1, 0.15) is 41.6 Å². The minimum atomic E-state index is -0.385. The van der Waals surface area contributed by atoms with Gasteiger partial charge in [-0.25, -0.2) is 0 Å². The molecule has 0 bridgehead atoms. The van der Waals surface area contributed by atoms with E-state index in [2.05, 4.69) is 26.8 Å². The summed E-state index contributed by atoms with van der Waals surface area (Å²) in [6.07, 6.45) is 4.28. The Morgan fingerprint density at radius 2 is 1.72 bits per heavy atom. The molecule has 3 rings (SSSR count). The van der Waals surface area contributed by atoms with Gasteiger partial charge in [0.1, 0.15) is 4.32 Å². The molecule has 3 amide bonds. The van der Waals surface area contributed by atoms with Crippen LogP contribution in [0.15, 0.2) is 64.0 Å². The maximum absolute atomic E-state index is 12.6. The van der Waals surface area contributed by atoms with Crippen molar-refractivity contribution in [3.8, 4) is 0 Å². The normalized spacial score (nSPS) is 14.7. The van der Waals surface area contributed by atoms with E-state index in [1.54, 1.807) is 29.2 Å². The summed E-state index contributed by atoms with van der Waals surface area (Å²) in [5.74, 6) is -0.720. The zero-order valence-corrected chi connectivity index (χ0v) is 20.4. The second kappa shape index (κ2) is 11.9. The van der Waals surface area contributed by atoms with Crippen molar-refractivity contribution in [2.24, 2.45) is 0 Å². The fourth-order valence-electron chi connectivity index (χ4n) is 3.03. The van der Waals surface area contributed by atoms with E-state index >= 15 is 0 Å². The molecule has 0 aliphatic carbocycles. The van der Waals surface area contributed by atoms with Gasteiger partial charge in [0.25, 0.3) is 11.8 Å². The first-order chi connectivity index (χ1) is 15.5. The van der Waals surface area contributed by atoms with Gasteiger partial charge < -0.3 is 0 Å². The molecule has 9 heteroatoms. The molecule has 2 N–H and O–H groups in total. The third kappa shape index (κ3) is 6.75. The number of carbonyl (C=O) groups excluding carboxylic acids is 3. The molecule has 6 nitrogen and oxygen atoms in total. The van der Waals surface area contributed by atoms with Gasteiger partial charge in [0.05, 0.1) is 10.5 Å². The van der Waals surface area contributed by atoms with Crippen LogP contribution in [0.2, 0.25) is 0 Å². The summed E-state index contributed by atoms with van der Waals surface area (Å²) >= 11 is 9.98. The largest absolute Gasteiger partial charge is 0.293 e. The van der Waals surface area contributed by atoms with Crippen molar-refractivity contribution in [2.75, 3.05) is 6.54 Å². The number of thioether (sulfide) groups is 1. The van der Waals surface area contributed by atoms with E-state index in [1.165, 1.54) is 11.8 Å². The number of rotatable bonds is 8. The number of carbonyl (C=O) groups is 3. The van der Waals surface area contributed by atoms with Crippen LogP contribution >= 0.6 is 39.9 Å². The molecule has 1 aliphatic rings. The number of halogens is 1. The Kier molecular flexibility index (Phi) is 9.01. The van der Waals surface area contributed by atoms with E-state index in [4.69, 9.17) is 12.2 Å². The fourth-order valence-corrected chi connectivity index (χ4v) is 4.80. The Bertz CT molecular complexity index is 1040. The summed E-state index contributed by atoms with van der Waals surface area (Å²) < 4.78 is 1.21. The lowest BCUT2D eigenvalue weighted by Gasteiger charge is -2.14. The van der Waals surface area contributed by atoms with E-state index in [0.29, 0.717) is 32.2 Å². The molecule has 0 radical (unpaired) electrons. The number of hydrogen-bond donors (Lipinski definition) is 2. The summed E-state index contributed by atoms with van der Waals surface area (Å²) in [7, 11) is 0. The molecule has 0 atom stereocenters. The van der Waals surface area contributed by atoms with Crippen LogP contribution in [-0.4, -0.2) is 33.5 Å². The van der Waals surface area contributed by atoms with Gasteiger partial charge in [0.2, 0.25) is 5.91 Å². The maximum Gasteiger partial charge on any atom is 0.270 e. The van der Waals surface area contributed by atoms with Crippen LogP contribution in [-0.2, 0) is 9.59 Å². The van der Waals surface area contributed by atoms with Crippen molar-refractivity contribution in [3.63, 3.8) is 0 Å². The molecule has 1 aliphatic heterocycles. The number of hydrogen-bond acceptors (Lipinski definition) is 5. The summed E-state index contributed by atoms with van der Waals surface area (Å²) in [5, 5.41) is 0.